The predicted octanol–water partition coefficient (Wildman–Crippen LogP) is 3.22. The third-order valence-corrected chi connectivity index (χ3v) is 3.07. The van der Waals surface area contributed by atoms with Crippen LogP contribution in [0.25, 0.3) is 0 Å². The van der Waals surface area contributed by atoms with Crippen molar-refractivity contribution in [2.24, 2.45) is 0 Å². The molecule has 0 aromatic heterocycles. The second-order valence-electron chi connectivity index (χ2n) is 4.87. The molecule has 2 rings (SSSR count). The highest BCUT2D eigenvalue weighted by atomic mass is 16.5. The van der Waals surface area contributed by atoms with E-state index < -0.39 is 0 Å². The van der Waals surface area contributed by atoms with Crippen molar-refractivity contribution in [1.82, 2.24) is 0 Å². The molecule has 0 atom stereocenters. The predicted molar refractivity (Wildman–Crippen MR) is 80.7 cm³/mol. The molecule has 2 aromatic carbocycles. The van der Waals surface area contributed by atoms with Crippen molar-refractivity contribution in [1.29, 1.82) is 0 Å². The maximum atomic E-state index is 5.79. The summed E-state index contributed by atoms with van der Waals surface area (Å²) in [6.45, 7) is 2.54. The summed E-state index contributed by atoms with van der Waals surface area (Å²) in [5.41, 5.74) is 9.95. The lowest BCUT2D eigenvalue weighted by Gasteiger charge is -2.14. The molecule has 19 heavy (non-hydrogen) atoms. The normalized spacial score (nSPS) is 10.3. The van der Waals surface area contributed by atoms with Gasteiger partial charge in [0, 0.05) is 25.5 Å². The van der Waals surface area contributed by atoms with Crippen molar-refractivity contribution < 1.29 is 4.74 Å². The Labute approximate surface area is 114 Å². The van der Waals surface area contributed by atoms with E-state index in [9.17, 15) is 0 Å². The van der Waals surface area contributed by atoms with Gasteiger partial charge in [-0.05, 0) is 48.4 Å². The third kappa shape index (κ3) is 3.41. The minimum Gasteiger partial charge on any atom is -0.489 e. The fraction of sp³-hybridized carbons (Fsp3) is 0.250. The second-order valence-corrected chi connectivity index (χ2v) is 4.87. The number of nitrogen functional groups attached to an aromatic ring is 1. The van der Waals surface area contributed by atoms with Gasteiger partial charge in [-0.3, -0.25) is 0 Å². The smallest absolute Gasteiger partial charge is 0.120 e. The molecule has 0 saturated heterocycles. The number of hydrogen-bond acceptors (Lipinski definition) is 3. The van der Waals surface area contributed by atoms with Gasteiger partial charge >= 0.3 is 0 Å². The molecule has 0 aliphatic heterocycles. The molecule has 0 aliphatic carbocycles. The van der Waals surface area contributed by atoms with E-state index in [1.165, 1.54) is 5.69 Å². The van der Waals surface area contributed by atoms with E-state index in [1.54, 1.807) is 0 Å². The van der Waals surface area contributed by atoms with E-state index in [2.05, 4.69) is 23.1 Å². The van der Waals surface area contributed by atoms with Gasteiger partial charge < -0.3 is 15.4 Å². The van der Waals surface area contributed by atoms with E-state index in [0.717, 1.165) is 22.6 Å². The number of hydrogen-bond donors (Lipinski definition) is 1. The van der Waals surface area contributed by atoms with Crippen LogP contribution in [-0.2, 0) is 6.61 Å². The number of aryl methyl sites for hydroxylation is 1. The van der Waals surface area contributed by atoms with Gasteiger partial charge in [0.25, 0.3) is 0 Å². The van der Waals surface area contributed by atoms with Crippen LogP contribution in [-0.4, -0.2) is 14.1 Å². The summed E-state index contributed by atoms with van der Waals surface area (Å²) in [7, 11) is 4.06. The first-order chi connectivity index (χ1) is 9.06. The van der Waals surface area contributed by atoms with Crippen molar-refractivity contribution >= 4 is 11.4 Å². The van der Waals surface area contributed by atoms with E-state index in [4.69, 9.17) is 10.5 Å². The lowest BCUT2D eigenvalue weighted by molar-refractivity contribution is 0.306. The Hall–Kier alpha value is -2.16. The van der Waals surface area contributed by atoms with E-state index in [1.807, 2.05) is 45.3 Å². The Morgan fingerprint density at radius 1 is 1.11 bits per heavy atom. The zero-order valence-corrected chi connectivity index (χ0v) is 11.7. The van der Waals surface area contributed by atoms with Crippen molar-refractivity contribution in [3.8, 4) is 5.75 Å². The number of nitrogens with two attached hydrogens (primary N) is 1. The Balaban J connectivity index is 2.05. The zero-order valence-electron chi connectivity index (χ0n) is 11.7. The minimum atomic E-state index is 0.561. The summed E-state index contributed by atoms with van der Waals surface area (Å²) < 4.78 is 5.79. The summed E-state index contributed by atoms with van der Waals surface area (Å²) in [4.78, 5) is 2.08. The Bertz CT molecular complexity index is 564. The summed E-state index contributed by atoms with van der Waals surface area (Å²) >= 11 is 0. The fourth-order valence-electron chi connectivity index (χ4n) is 1.83. The van der Waals surface area contributed by atoms with Gasteiger partial charge in [-0.1, -0.05) is 12.1 Å². The third-order valence-electron chi connectivity index (χ3n) is 3.07. The van der Waals surface area contributed by atoms with Crippen LogP contribution in [0.1, 0.15) is 11.1 Å². The number of anilines is 2. The summed E-state index contributed by atoms with van der Waals surface area (Å²) in [5.74, 6) is 0.849. The Kier molecular flexibility index (Phi) is 3.95. The topological polar surface area (TPSA) is 38.5 Å². The summed E-state index contributed by atoms with van der Waals surface area (Å²) in [6.07, 6.45) is 0. The minimum absolute atomic E-state index is 0.561. The molecule has 0 radical (unpaired) electrons. The summed E-state index contributed by atoms with van der Waals surface area (Å²) in [5, 5.41) is 0. The van der Waals surface area contributed by atoms with E-state index in [-0.39, 0.29) is 0 Å². The van der Waals surface area contributed by atoms with Crippen molar-refractivity contribution in [2.75, 3.05) is 24.7 Å². The van der Waals surface area contributed by atoms with Crippen molar-refractivity contribution in [2.45, 2.75) is 13.5 Å². The highest BCUT2D eigenvalue weighted by Crippen LogP contribution is 2.20. The SMILES string of the molecule is Cc1cc(OCc2cccc(N(C)C)c2)ccc1N. The monoisotopic (exact) mass is 256 g/mol. The van der Waals surface area contributed by atoms with Crippen LogP contribution >= 0.6 is 0 Å². The van der Waals surface area contributed by atoms with E-state index in [0.29, 0.717) is 6.61 Å². The lowest BCUT2D eigenvalue weighted by Crippen LogP contribution is -2.09. The molecule has 3 heteroatoms. The number of rotatable bonds is 4. The van der Waals surface area contributed by atoms with E-state index >= 15 is 0 Å². The number of nitrogens with zero attached hydrogens (tertiary/aromatic N) is 1. The van der Waals surface area contributed by atoms with Gasteiger partial charge in [-0.2, -0.15) is 0 Å². The molecule has 0 fully saturated rings. The molecule has 0 spiro atoms. The Morgan fingerprint density at radius 3 is 2.58 bits per heavy atom. The van der Waals surface area contributed by atoms with Crippen molar-refractivity contribution in [3.05, 3.63) is 53.6 Å². The van der Waals surface area contributed by atoms with Crippen LogP contribution < -0.4 is 15.4 Å². The highest BCUT2D eigenvalue weighted by molar-refractivity contribution is 5.50. The molecule has 0 heterocycles. The molecule has 3 nitrogen and oxygen atoms in total. The van der Waals surface area contributed by atoms with Crippen molar-refractivity contribution in [3.63, 3.8) is 0 Å². The molecular weight excluding hydrogens is 236 g/mol. The van der Waals surface area contributed by atoms with Gasteiger partial charge in [-0.15, -0.1) is 0 Å². The molecule has 2 aromatic rings. The maximum Gasteiger partial charge on any atom is 0.120 e. The van der Waals surface area contributed by atoms with Crippen LogP contribution in [0.15, 0.2) is 42.5 Å². The first kappa shape index (κ1) is 13.3. The molecular formula is C16H20N2O. The van der Waals surface area contributed by atoms with Gasteiger partial charge in [0.15, 0.2) is 0 Å². The second kappa shape index (κ2) is 5.65. The molecule has 0 aliphatic rings. The maximum absolute atomic E-state index is 5.79. The van der Waals surface area contributed by atoms with Crippen LogP contribution in [0.5, 0.6) is 5.75 Å². The van der Waals surface area contributed by atoms with Gasteiger partial charge in [0.1, 0.15) is 12.4 Å². The van der Waals surface area contributed by atoms with Gasteiger partial charge in [0.2, 0.25) is 0 Å². The Morgan fingerprint density at radius 2 is 1.89 bits per heavy atom. The van der Waals surface area contributed by atoms with Crippen LogP contribution in [0.4, 0.5) is 11.4 Å². The van der Waals surface area contributed by atoms with Crippen LogP contribution in [0, 0.1) is 6.92 Å². The standard InChI is InChI=1S/C16H20N2O/c1-12-9-15(7-8-16(12)17)19-11-13-5-4-6-14(10-13)18(2)3/h4-10H,11,17H2,1-3H3. The largest absolute Gasteiger partial charge is 0.489 e. The average Bonchev–Trinajstić information content (AvgIpc) is 2.40. The van der Waals surface area contributed by atoms with Crippen LogP contribution in [0.2, 0.25) is 0 Å². The number of benzene rings is 2. The molecule has 0 saturated carbocycles. The molecule has 0 unspecified atom stereocenters. The zero-order chi connectivity index (χ0) is 13.8. The lowest BCUT2D eigenvalue weighted by atomic mass is 10.2. The summed E-state index contributed by atoms with van der Waals surface area (Å²) in [6, 6.07) is 14.1. The van der Waals surface area contributed by atoms with Crippen LogP contribution in [0.3, 0.4) is 0 Å². The molecule has 100 valence electrons. The molecule has 0 bridgehead atoms. The average molecular weight is 256 g/mol. The fourth-order valence-corrected chi connectivity index (χ4v) is 1.83. The van der Waals surface area contributed by atoms with Gasteiger partial charge in [-0.25, -0.2) is 0 Å². The number of ether oxygens (including phenoxy) is 1. The van der Waals surface area contributed by atoms with Gasteiger partial charge in [0.05, 0.1) is 0 Å². The quantitative estimate of drug-likeness (QED) is 0.854. The molecule has 0 amide bonds. The first-order valence-electron chi connectivity index (χ1n) is 6.31. The highest BCUT2D eigenvalue weighted by Gasteiger charge is 2.01. The molecule has 2 N–H and O–H groups in total. The first-order valence-corrected chi connectivity index (χ1v) is 6.31.